The first-order chi connectivity index (χ1) is 8.67. The molecule has 96 valence electrons. The second kappa shape index (κ2) is 10.6. The molecule has 0 spiro atoms. The van der Waals surface area contributed by atoms with Gasteiger partial charge in [0.25, 0.3) is 0 Å². The molecule has 0 saturated heterocycles. The van der Waals surface area contributed by atoms with Crippen molar-refractivity contribution in [3.8, 4) is 0 Å². The minimum absolute atomic E-state index is 0.833. The first kappa shape index (κ1) is 16.4. The molecule has 0 fully saturated rings. The van der Waals surface area contributed by atoms with Crippen LogP contribution >= 0.6 is 11.6 Å². The number of hydrogen-bond donors (Lipinski definition) is 1. The molecular weight excluding hydrogens is 242 g/mol. The van der Waals surface area contributed by atoms with Crippen LogP contribution in [0.5, 0.6) is 0 Å². The Morgan fingerprint density at radius 2 is 2.22 bits per heavy atom. The van der Waals surface area contributed by atoms with E-state index in [-0.39, 0.29) is 0 Å². The summed E-state index contributed by atoms with van der Waals surface area (Å²) in [5.74, 6) is 0. The first-order valence-electron chi connectivity index (χ1n) is 5.95. The van der Waals surface area contributed by atoms with Crippen LogP contribution in [0, 0.1) is 5.41 Å². The number of aryl methyl sites for hydroxylation is 1. The van der Waals surface area contributed by atoms with Gasteiger partial charge in [-0.25, -0.2) is 0 Å². The highest BCUT2D eigenvalue weighted by molar-refractivity contribution is 6.30. The Labute approximate surface area is 115 Å². The van der Waals surface area contributed by atoms with Crippen LogP contribution in [0.25, 0.3) is 0 Å². The van der Waals surface area contributed by atoms with Crippen molar-refractivity contribution >= 4 is 17.8 Å². The van der Waals surface area contributed by atoms with E-state index in [9.17, 15) is 0 Å². The second-order valence-electron chi connectivity index (χ2n) is 3.66. The Morgan fingerprint density at radius 3 is 2.61 bits per heavy atom. The molecule has 0 radical (unpaired) electrons. The summed E-state index contributed by atoms with van der Waals surface area (Å²) < 4.78 is 0. The Kier molecular flexibility index (Phi) is 9.67. The first-order valence-corrected chi connectivity index (χ1v) is 6.32. The smallest absolute Gasteiger partial charge is 0.0408 e. The molecule has 1 rings (SSSR count). The van der Waals surface area contributed by atoms with E-state index in [0.717, 1.165) is 17.0 Å². The maximum atomic E-state index is 6.77. The van der Waals surface area contributed by atoms with Crippen LogP contribution in [0.1, 0.15) is 25.8 Å². The highest BCUT2D eigenvalue weighted by Crippen LogP contribution is 2.11. The minimum Gasteiger partial charge on any atom is -0.308 e. The summed E-state index contributed by atoms with van der Waals surface area (Å²) in [6, 6.07) is 8.02. The SMILES string of the molecule is C=C=C/C(C=N)=C/C.CCCc1cccc(Cl)c1. The summed E-state index contributed by atoms with van der Waals surface area (Å²) in [6.45, 7) is 7.41. The van der Waals surface area contributed by atoms with E-state index in [1.807, 2.05) is 31.2 Å². The largest absolute Gasteiger partial charge is 0.308 e. The van der Waals surface area contributed by atoms with Crippen molar-refractivity contribution in [1.82, 2.24) is 0 Å². The van der Waals surface area contributed by atoms with Gasteiger partial charge in [-0.2, -0.15) is 0 Å². The topological polar surface area (TPSA) is 23.9 Å². The lowest BCUT2D eigenvalue weighted by molar-refractivity contribution is 0.922. The van der Waals surface area contributed by atoms with Gasteiger partial charge < -0.3 is 5.41 Å². The van der Waals surface area contributed by atoms with Crippen LogP contribution < -0.4 is 0 Å². The van der Waals surface area contributed by atoms with Gasteiger partial charge in [-0.05, 0) is 42.7 Å². The number of rotatable bonds is 4. The van der Waals surface area contributed by atoms with Gasteiger partial charge in [0.2, 0.25) is 0 Å². The van der Waals surface area contributed by atoms with Crippen molar-refractivity contribution in [2.24, 2.45) is 0 Å². The number of nitrogens with one attached hydrogen (secondary N) is 1. The van der Waals surface area contributed by atoms with E-state index >= 15 is 0 Å². The van der Waals surface area contributed by atoms with Gasteiger partial charge in [0.15, 0.2) is 0 Å². The van der Waals surface area contributed by atoms with Crippen molar-refractivity contribution in [1.29, 1.82) is 5.41 Å². The number of halogens is 1. The molecule has 0 bridgehead atoms. The van der Waals surface area contributed by atoms with Crippen molar-refractivity contribution in [3.63, 3.8) is 0 Å². The van der Waals surface area contributed by atoms with Gasteiger partial charge in [-0.1, -0.05) is 49.7 Å². The molecule has 2 heteroatoms. The van der Waals surface area contributed by atoms with Crippen LogP contribution in [0.4, 0.5) is 0 Å². The van der Waals surface area contributed by atoms with E-state index in [4.69, 9.17) is 17.0 Å². The van der Waals surface area contributed by atoms with E-state index in [0.29, 0.717) is 0 Å². The summed E-state index contributed by atoms with van der Waals surface area (Å²) in [7, 11) is 0. The average molecular weight is 262 g/mol. The van der Waals surface area contributed by atoms with Crippen LogP contribution in [-0.2, 0) is 6.42 Å². The monoisotopic (exact) mass is 261 g/mol. The zero-order chi connectivity index (χ0) is 13.8. The average Bonchev–Trinajstić information content (AvgIpc) is 2.37. The van der Waals surface area contributed by atoms with Crippen LogP contribution in [0.2, 0.25) is 5.02 Å². The Hall–Kier alpha value is -1.56. The minimum atomic E-state index is 0.833. The Bertz CT molecular complexity index is 440. The summed E-state index contributed by atoms with van der Waals surface area (Å²) in [6.07, 6.45) is 7.05. The molecule has 0 heterocycles. The summed E-state index contributed by atoms with van der Waals surface area (Å²) in [5.41, 5.74) is 4.74. The van der Waals surface area contributed by atoms with Crippen molar-refractivity contribution in [3.05, 3.63) is 64.9 Å². The molecule has 18 heavy (non-hydrogen) atoms. The molecule has 0 saturated carbocycles. The molecule has 1 N–H and O–H groups in total. The van der Waals surface area contributed by atoms with Gasteiger partial charge in [0.1, 0.15) is 0 Å². The normalized spacial score (nSPS) is 9.83. The fraction of sp³-hybridized carbons (Fsp3) is 0.250. The fourth-order valence-corrected chi connectivity index (χ4v) is 1.52. The quantitative estimate of drug-likeness (QED) is 0.437. The van der Waals surface area contributed by atoms with Crippen molar-refractivity contribution < 1.29 is 0 Å². The lowest BCUT2D eigenvalue weighted by Gasteiger charge is -1.96. The van der Waals surface area contributed by atoms with E-state index in [1.165, 1.54) is 18.2 Å². The lowest BCUT2D eigenvalue weighted by atomic mass is 10.1. The molecular formula is C16H20ClN. The maximum absolute atomic E-state index is 6.77. The predicted octanol–water partition coefficient (Wildman–Crippen LogP) is 5.22. The number of benzene rings is 1. The third kappa shape index (κ3) is 7.67. The van der Waals surface area contributed by atoms with Crippen LogP contribution in [0.15, 0.2) is 54.3 Å². The molecule has 0 amide bonds. The Morgan fingerprint density at radius 1 is 1.50 bits per heavy atom. The highest BCUT2D eigenvalue weighted by atomic mass is 35.5. The second-order valence-corrected chi connectivity index (χ2v) is 4.10. The third-order valence-corrected chi connectivity index (χ3v) is 2.43. The van der Waals surface area contributed by atoms with E-state index in [2.05, 4.69) is 25.3 Å². The van der Waals surface area contributed by atoms with E-state index < -0.39 is 0 Å². The maximum Gasteiger partial charge on any atom is 0.0408 e. The van der Waals surface area contributed by atoms with Crippen LogP contribution in [0.3, 0.4) is 0 Å². The summed E-state index contributed by atoms with van der Waals surface area (Å²) in [4.78, 5) is 0. The van der Waals surface area contributed by atoms with Crippen molar-refractivity contribution in [2.45, 2.75) is 26.7 Å². The van der Waals surface area contributed by atoms with Gasteiger partial charge in [-0.3, -0.25) is 0 Å². The molecule has 0 aliphatic heterocycles. The van der Waals surface area contributed by atoms with Gasteiger partial charge >= 0.3 is 0 Å². The molecule has 1 aromatic carbocycles. The zero-order valence-electron chi connectivity index (χ0n) is 11.0. The number of allylic oxidation sites excluding steroid dienone is 3. The predicted molar refractivity (Wildman–Crippen MR) is 81.7 cm³/mol. The molecule has 0 atom stereocenters. The Balaban J connectivity index is 0.000000331. The standard InChI is InChI=1S/C9H11Cl.C7H9N/c1-2-4-8-5-3-6-9(10)7-8;1-3-5-7(4-2)6-8/h3,5-7H,2,4H2,1H3;4-6,8H,1H2,2H3/b;7-4-,8-6?. The zero-order valence-corrected chi connectivity index (χ0v) is 11.8. The molecule has 1 aromatic rings. The highest BCUT2D eigenvalue weighted by Gasteiger charge is 1.90. The molecule has 1 nitrogen and oxygen atoms in total. The van der Waals surface area contributed by atoms with Gasteiger partial charge in [0.05, 0.1) is 0 Å². The summed E-state index contributed by atoms with van der Waals surface area (Å²) in [5, 5.41) is 7.61. The third-order valence-electron chi connectivity index (χ3n) is 2.20. The number of hydrogen-bond acceptors (Lipinski definition) is 1. The summed E-state index contributed by atoms with van der Waals surface area (Å²) >= 11 is 5.78. The van der Waals surface area contributed by atoms with Gasteiger partial charge in [-0.15, -0.1) is 5.73 Å². The van der Waals surface area contributed by atoms with E-state index in [1.54, 1.807) is 6.08 Å². The lowest BCUT2D eigenvalue weighted by Crippen LogP contribution is -1.80. The van der Waals surface area contributed by atoms with Gasteiger partial charge in [0, 0.05) is 11.2 Å². The van der Waals surface area contributed by atoms with Crippen LogP contribution in [-0.4, -0.2) is 6.21 Å². The van der Waals surface area contributed by atoms with Crippen molar-refractivity contribution in [2.75, 3.05) is 0 Å². The molecule has 0 aromatic heterocycles. The molecule has 0 unspecified atom stereocenters. The fourth-order valence-electron chi connectivity index (χ4n) is 1.31. The molecule has 0 aliphatic carbocycles. The molecule has 0 aliphatic rings.